The van der Waals surface area contributed by atoms with Crippen molar-refractivity contribution >= 4 is 17.6 Å². The van der Waals surface area contributed by atoms with Crippen LogP contribution in [-0.2, 0) is 29.0 Å². The molecule has 1 aromatic heterocycles. The summed E-state index contributed by atoms with van der Waals surface area (Å²) in [5.74, 6) is 0.0739. The Labute approximate surface area is 229 Å². The van der Waals surface area contributed by atoms with E-state index in [4.69, 9.17) is 9.15 Å². The Bertz CT molecular complexity index is 1180. The fourth-order valence-electron chi connectivity index (χ4n) is 4.60. The molecule has 2 heterocycles. The minimum atomic E-state index is -0.335. The highest BCUT2D eigenvalue weighted by molar-refractivity contribution is 5.93. The number of aryl methyl sites for hydroxylation is 1. The van der Waals surface area contributed by atoms with Crippen molar-refractivity contribution in [1.82, 2.24) is 14.7 Å². The zero-order valence-corrected chi connectivity index (χ0v) is 22.5. The number of hydrogen-bond donors (Lipinski definition) is 1. The first-order valence-corrected chi connectivity index (χ1v) is 13.5. The normalized spacial score (nSPS) is 13.7. The van der Waals surface area contributed by atoms with Crippen molar-refractivity contribution in [2.24, 2.45) is 0 Å². The number of nitrogens with one attached hydrogen (secondary N) is 1. The van der Waals surface area contributed by atoms with Gasteiger partial charge in [-0.3, -0.25) is 9.69 Å². The quantitative estimate of drug-likeness (QED) is 0.361. The van der Waals surface area contributed by atoms with E-state index in [-0.39, 0.29) is 37.4 Å². The summed E-state index contributed by atoms with van der Waals surface area (Å²) in [5.41, 5.74) is 2.56. The number of morpholine rings is 1. The number of halogens is 1. The van der Waals surface area contributed by atoms with Crippen LogP contribution in [0.25, 0.3) is 0 Å². The molecule has 3 amide bonds. The monoisotopic (exact) mass is 536 g/mol. The molecular formula is C30H37FN4O4. The summed E-state index contributed by atoms with van der Waals surface area (Å²) in [7, 11) is 0. The van der Waals surface area contributed by atoms with Gasteiger partial charge in [-0.1, -0.05) is 37.3 Å². The second-order valence-corrected chi connectivity index (χ2v) is 9.63. The van der Waals surface area contributed by atoms with Gasteiger partial charge in [0.1, 0.15) is 18.1 Å². The number of rotatable bonds is 12. The molecule has 1 N–H and O–H groups in total. The lowest BCUT2D eigenvalue weighted by atomic mass is 10.1. The standard InChI is InChI=1S/C30H37FN4O4/c1-2-25-7-3-4-9-28(25)32-30(37)34(15-6-14-33-16-19-38-20-17-33)23-29(36)35(22-27-8-5-18-39-27)21-24-10-12-26(31)13-11-24/h3-5,7-13,18H,2,6,14-17,19-23H2,1H3,(H,32,37). The molecule has 8 nitrogen and oxygen atoms in total. The topological polar surface area (TPSA) is 78.3 Å². The van der Waals surface area contributed by atoms with Gasteiger partial charge < -0.3 is 24.3 Å². The van der Waals surface area contributed by atoms with Crippen LogP contribution >= 0.6 is 0 Å². The van der Waals surface area contributed by atoms with Crippen LogP contribution < -0.4 is 5.32 Å². The van der Waals surface area contributed by atoms with Gasteiger partial charge in [-0.2, -0.15) is 0 Å². The molecule has 1 saturated heterocycles. The highest BCUT2D eigenvalue weighted by Gasteiger charge is 2.23. The third kappa shape index (κ3) is 8.66. The van der Waals surface area contributed by atoms with Gasteiger partial charge in [0.05, 0.1) is 26.0 Å². The fourth-order valence-corrected chi connectivity index (χ4v) is 4.60. The third-order valence-electron chi connectivity index (χ3n) is 6.83. The lowest BCUT2D eigenvalue weighted by Crippen LogP contribution is -2.45. The largest absolute Gasteiger partial charge is 0.467 e. The summed E-state index contributed by atoms with van der Waals surface area (Å²) in [5, 5.41) is 3.02. The molecule has 1 aliphatic rings. The smallest absolute Gasteiger partial charge is 0.322 e. The molecule has 3 aromatic rings. The highest BCUT2D eigenvalue weighted by Crippen LogP contribution is 2.17. The maximum Gasteiger partial charge on any atom is 0.322 e. The van der Waals surface area contributed by atoms with Crippen molar-refractivity contribution in [3.8, 4) is 0 Å². The average molecular weight is 537 g/mol. The van der Waals surface area contributed by atoms with Crippen molar-refractivity contribution in [2.45, 2.75) is 32.9 Å². The maximum atomic E-state index is 13.7. The van der Waals surface area contributed by atoms with Crippen molar-refractivity contribution in [1.29, 1.82) is 0 Å². The molecule has 39 heavy (non-hydrogen) atoms. The van der Waals surface area contributed by atoms with Gasteiger partial charge in [0.15, 0.2) is 0 Å². The third-order valence-corrected chi connectivity index (χ3v) is 6.83. The lowest BCUT2D eigenvalue weighted by Gasteiger charge is -2.30. The zero-order chi connectivity index (χ0) is 27.5. The minimum Gasteiger partial charge on any atom is -0.467 e. The number of amides is 3. The van der Waals surface area contributed by atoms with E-state index in [1.54, 1.807) is 40.3 Å². The first-order valence-electron chi connectivity index (χ1n) is 13.5. The van der Waals surface area contributed by atoms with Gasteiger partial charge in [-0.15, -0.1) is 0 Å². The Morgan fingerprint density at radius 2 is 1.74 bits per heavy atom. The Morgan fingerprint density at radius 3 is 2.46 bits per heavy atom. The van der Waals surface area contributed by atoms with E-state index in [1.165, 1.54) is 12.1 Å². The van der Waals surface area contributed by atoms with Crippen molar-refractivity contribution in [3.63, 3.8) is 0 Å². The molecule has 2 aromatic carbocycles. The molecule has 0 unspecified atom stereocenters. The van der Waals surface area contributed by atoms with Crippen LogP contribution in [0.1, 0.15) is 30.2 Å². The van der Waals surface area contributed by atoms with Crippen LogP contribution in [-0.4, -0.2) is 72.6 Å². The van der Waals surface area contributed by atoms with Crippen LogP contribution in [0, 0.1) is 5.82 Å². The van der Waals surface area contributed by atoms with Crippen molar-refractivity contribution in [2.75, 3.05) is 51.3 Å². The summed E-state index contributed by atoms with van der Waals surface area (Å²) < 4.78 is 24.4. The summed E-state index contributed by atoms with van der Waals surface area (Å²) in [6.45, 7) is 6.85. The van der Waals surface area contributed by atoms with Crippen molar-refractivity contribution in [3.05, 3.63) is 89.6 Å². The second-order valence-electron chi connectivity index (χ2n) is 9.63. The molecule has 0 aliphatic carbocycles. The number of carbonyl (C=O) groups excluding carboxylic acids is 2. The van der Waals surface area contributed by atoms with Crippen LogP contribution in [0.5, 0.6) is 0 Å². The van der Waals surface area contributed by atoms with Crippen molar-refractivity contribution < 1.29 is 23.1 Å². The fraction of sp³-hybridized carbons (Fsp3) is 0.400. The van der Waals surface area contributed by atoms with E-state index < -0.39 is 0 Å². The number of urea groups is 1. The Morgan fingerprint density at radius 1 is 0.974 bits per heavy atom. The van der Waals surface area contributed by atoms with Gasteiger partial charge in [-0.25, -0.2) is 9.18 Å². The molecule has 208 valence electrons. The van der Waals surface area contributed by atoms with E-state index in [9.17, 15) is 14.0 Å². The van der Waals surface area contributed by atoms with Gasteiger partial charge in [-0.05, 0) is 54.3 Å². The SMILES string of the molecule is CCc1ccccc1NC(=O)N(CCCN1CCOCC1)CC(=O)N(Cc1ccc(F)cc1)Cc1ccco1. The second kappa shape index (κ2) is 14.5. The van der Waals surface area contributed by atoms with Crippen LogP contribution in [0.3, 0.4) is 0 Å². The van der Waals surface area contributed by atoms with Crippen LogP contribution in [0.2, 0.25) is 0 Å². The zero-order valence-electron chi connectivity index (χ0n) is 22.5. The van der Waals surface area contributed by atoms with E-state index in [2.05, 4.69) is 10.2 Å². The number of carbonyl (C=O) groups is 2. The summed E-state index contributed by atoms with van der Waals surface area (Å²) in [6, 6.07) is 17.0. The van der Waals surface area contributed by atoms with Crippen LogP contribution in [0.4, 0.5) is 14.9 Å². The maximum absolute atomic E-state index is 13.7. The molecule has 0 spiro atoms. The van der Waals surface area contributed by atoms with Gasteiger partial charge in [0.25, 0.3) is 0 Å². The van der Waals surface area contributed by atoms with E-state index >= 15 is 0 Å². The predicted molar refractivity (Wildman–Crippen MR) is 148 cm³/mol. The number of para-hydroxylation sites is 1. The average Bonchev–Trinajstić information content (AvgIpc) is 3.47. The highest BCUT2D eigenvalue weighted by atomic mass is 19.1. The molecule has 0 bridgehead atoms. The number of hydrogen-bond acceptors (Lipinski definition) is 5. The molecule has 0 atom stereocenters. The summed E-state index contributed by atoms with van der Waals surface area (Å²) >= 11 is 0. The van der Waals surface area contributed by atoms with E-state index in [0.717, 1.165) is 49.3 Å². The first-order chi connectivity index (χ1) is 19.0. The molecule has 0 radical (unpaired) electrons. The van der Waals surface area contributed by atoms with Crippen LogP contribution in [0.15, 0.2) is 71.3 Å². The minimum absolute atomic E-state index is 0.0921. The number of nitrogens with zero attached hydrogens (tertiary/aromatic N) is 3. The summed E-state index contributed by atoms with van der Waals surface area (Å²) in [4.78, 5) is 32.7. The molecule has 1 aliphatic heterocycles. The Balaban J connectivity index is 1.48. The van der Waals surface area contributed by atoms with Gasteiger partial charge >= 0.3 is 6.03 Å². The number of furan rings is 1. The number of benzene rings is 2. The Hall–Kier alpha value is -3.69. The number of ether oxygens (including phenoxy) is 1. The summed E-state index contributed by atoms with van der Waals surface area (Å²) in [6.07, 6.45) is 3.07. The lowest BCUT2D eigenvalue weighted by molar-refractivity contribution is -0.133. The molecule has 1 fully saturated rings. The van der Waals surface area contributed by atoms with E-state index in [0.29, 0.717) is 25.5 Å². The molecular weight excluding hydrogens is 499 g/mol. The molecule has 9 heteroatoms. The Kier molecular flexibility index (Phi) is 10.5. The van der Waals surface area contributed by atoms with Gasteiger partial charge in [0, 0.05) is 38.4 Å². The molecule has 0 saturated carbocycles. The first kappa shape index (κ1) is 28.3. The van der Waals surface area contributed by atoms with Gasteiger partial charge in [0.2, 0.25) is 5.91 Å². The number of anilines is 1. The predicted octanol–water partition coefficient (Wildman–Crippen LogP) is 4.77. The van der Waals surface area contributed by atoms with E-state index in [1.807, 2.05) is 31.2 Å². The molecule has 4 rings (SSSR count).